The molecule has 2 aliphatic heterocycles. The largest absolute Gasteiger partial charge is 0.378 e. The van der Waals surface area contributed by atoms with Gasteiger partial charge < -0.3 is 19.3 Å². The van der Waals surface area contributed by atoms with Crippen LogP contribution in [0.4, 0.5) is 11.4 Å². The van der Waals surface area contributed by atoms with Crippen LogP contribution >= 0.6 is 17.2 Å². The van der Waals surface area contributed by atoms with E-state index in [4.69, 9.17) is 9.47 Å². The van der Waals surface area contributed by atoms with Crippen molar-refractivity contribution < 1.29 is 9.47 Å². The molecule has 2 fully saturated rings. The standard InChI is InChI=1S/C21H28N2O2P2/c1-5-20(6-2-18(1)22-9-13-24-14-10-22)26-17-27-21-7-3-19(4-8-21)23-11-15-25-16-12-23/h1-8,26-27H,9-17H2. The van der Waals surface area contributed by atoms with Crippen LogP contribution < -0.4 is 20.4 Å². The normalized spacial score (nSPS) is 18.8. The molecule has 2 atom stereocenters. The van der Waals surface area contributed by atoms with Crippen LogP contribution in [0.25, 0.3) is 0 Å². The molecule has 27 heavy (non-hydrogen) atoms. The van der Waals surface area contributed by atoms with Crippen LogP contribution in [0.3, 0.4) is 0 Å². The highest BCUT2D eigenvalue weighted by Crippen LogP contribution is 2.25. The van der Waals surface area contributed by atoms with Gasteiger partial charge in [0.1, 0.15) is 0 Å². The molecule has 2 unspecified atom stereocenters. The van der Waals surface area contributed by atoms with E-state index < -0.39 is 0 Å². The first kappa shape index (κ1) is 19.2. The lowest BCUT2D eigenvalue weighted by atomic mass is 10.2. The van der Waals surface area contributed by atoms with Gasteiger partial charge in [0, 0.05) is 37.6 Å². The highest BCUT2D eigenvalue weighted by atomic mass is 31.1. The number of hydrogen-bond donors (Lipinski definition) is 0. The maximum Gasteiger partial charge on any atom is 0.0642 e. The van der Waals surface area contributed by atoms with Gasteiger partial charge in [-0.1, -0.05) is 41.4 Å². The molecule has 0 amide bonds. The molecule has 2 saturated heterocycles. The Morgan fingerprint density at radius 2 is 0.963 bits per heavy atom. The molecule has 0 aliphatic carbocycles. The Labute approximate surface area is 165 Å². The van der Waals surface area contributed by atoms with Crippen molar-refractivity contribution in [2.24, 2.45) is 0 Å². The zero-order valence-electron chi connectivity index (χ0n) is 15.7. The van der Waals surface area contributed by atoms with Gasteiger partial charge >= 0.3 is 0 Å². The van der Waals surface area contributed by atoms with Gasteiger partial charge in [-0.25, -0.2) is 0 Å². The number of benzene rings is 2. The van der Waals surface area contributed by atoms with Crippen LogP contribution in [0.5, 0.6) is 0 Å². The van der Waals surface area contributed by atoms with Crippen molar-refractivity contribution in [3.8, 4) is 0 Å². The molecular formula is C21H28N2O2P2. The SMILES string of the molecule is c1cc(N2CCOCC2)ccc1PCPc1ccc(N2CCOCC2)cc1. The van der Waals surface area contributed by atoms with Crippen molar-refractivity contribution in [3.63, 3.8) is 0 Å². The Balaban J connectivity index is 1.24. The summed E-state index contributed by atoms with van der Waals surface area (Å²) < 4.78 is 10.9. The minimum absolute atomic E-state index is 0.842. The first-order valence-corrected chi connectivity index (χ1v) is 12.1. The van der Waals surface area contributed by atoms with E-state index in [0.29, 0.717) is 0 Å². The lowest BCUT2D eigenvalue weighted by Crippen LogP contribution is -2.36. The molecule has 0 aromatic heterocycles. The molecule has 6 heteroatoms. The van der Waals surface area contributed by atoms with Crippen LogP contribution in [0.1, 0.15) is 0 Å². The second-order valence-electron chi connectivity index (χ2n) is 6.82. The summed E-state index contributed by atoms with van der Waals surface area (Å²) in [6, 6.07) is 18.3. The number of ether oxygens (including phenoxy) is 2. The second-order valence-corrected chi connectivity index (χ2v) is 10.1. The molecule has 0 radical (unpaired) electrons. The molecule has 4 rings (SSSR count). The number of morpholine rings is 2. The van der Waals surface area contributed by atoms with Crippen LogP contribution in [0.15, 0.2) is 48.5 Å². The third-order valence-corrected chi connectivity index (χ3v) is 7.97. The lowest BCUT2D eigenvalue weighted by molar-refractivity contribution is 0.122. The zero-order valence-corrected chi connectivity index (χ0v) is 17.7. The fraction of sp³-hybridized carbons (Fsp3) is 0.429. The predicted molar refractivity (Wildman–Crippen MR) is 120 cm³/mol. The molecule has 2 aromatic carbocycles. The molecule has 4 nitrogen and oxygen atoms in total. The maximum atomic E-state index is 5.43. The summed E-state index contributed by atoms with van der Waals surface area (Å²) in [4.78, 5) is 4.82. The average Bonchev–Trinajstić information content (AvgIpc) is 2.76. The summed E-state index contributed by atoms with van der Waals surface area (Å²) >= 11 is 0. The van der Waals surface area contributed by atoms with Gasteiger partial charge in [0.05, 0.1) is 26.4 Å². The number of hydrogen-bond acceptors (Lipinski definition) is 4. The van der Waals surface area contributed by atoms with Gasteiger partial charge in [-0.2, -0.15) is 0 Å². The van der Waals surface area contributed by atoms with Crippen molar-refractivity contribution >= 4 is 39.1 Å². The van der Waals surface area contributed by atoms with Crippen molar-refractivity contribution in [1.29, 1.82) is 0 Å². The molecule has 0 N–H and O–H groups in total. The van der Waals surface area contributed by atoms with E-state index in [1.54, 1.807) is 0 Å². The summed E-state index contributed by atoms with van der Waals surface area (Å²) in [6.07, 6.45) is 0. The topological polar surface area (TPSA) is 24.9 Å². The van der Waals surface area contributed by atoms with E-state index in [0.717, 1.165) is 69.8 Å². The van der Waals surface area contributed by atoms with Gasteiger partial charge in [0.2, 0.25) is 0 Å². The van der Waals surface area contributed by atoms with Gasteiger partial charge in [-0.15, -0.1) is 0 Å². The predicted octanol–water partition coefficient (Wildman–Crippen LogP) is 2.63. The van der Waals surface area contributed by atoms with Crippen LogP contribution in [-0.2, 0) is 9.47 Å². The molecule has 0 bridgehead atoms. The fourth-order valence-electron chi connectivity index (χ4n) is 3.47. The Hall–Kier alpha value is -1.18. The average molecular weight is 402 g/mol. The quantitative estimate of drug-likeness (QED) is 0.694. The van der Waals surface area contributed by atoms with Crippen molar-refractivity contribution in [1.82, 2.24) is 0 Å². The Bertz CT molecular complexity index is 636. The van der Waals surface area contributed by atoms with Crippen molar-refractivity contribution in [2.75, 3.05) is 68.3 Å². The summed E-state index contributed by atoms with van der Waals surface area (Å²) in [5.41, 5.74) is 2.65. The Morgan fingerprint density at radius 3 is 1.33 bits per heavy atom. The van der Waals surface area contributed by atoms with Crippen molar-refractivity contribution in [2.45, 2.75) is 0 Å². The summed E-state index contributed by atoms with van der Waals surface area (Å²) in [5.74, 6) is 1.24. The fourth-order valence-corrected chi connectivity index (χ4v) is 6.26. The molecule has 2 heterocycles. The molecule has 0 spiro atoms. The molecule has 144 valence electrons. The monoisotopic (exact) mass is 402 g/mol. The zero-order chi connectivity index (χ0) is 18.3. The number of nitrogens with zero attached hydrogens (tertiary/aromatic N) is 2. The summed E-state index contributed by atoms with van der Waals surface area (Å²) in [7, 11) is 1.76. The first-order valence-electron chi connectivity index (χ1n) is 9.72. The first-order chi connectivity index (χ1) is 13.4. The summed E-state index contributed by atoms with van der Waals surface area (Å²) in [6.45, 7) is 7.38. The molecule has 0 saturated carbocycles. The molecule has 2 aliphatic rings. The van der Waals surface area contributed by atoms with Gasteiger partial charge in [-0.3, -0.25) is 0 Å². The highest BCUT2D eigenvalue weighted by molar-refractivity contribution is 7.64. The van der Waals surface area contributed by atoms with E-state index in [2.05, 4.69) is 58.3 Å². The third-order valence-electron chi connectivity index (χ3n) is 5.07. The van der Waals surface area contributed by atoms with Gasteiger partial charge in [0.25, 0.3) is 0 Å². The third kappa shape index (κ3) is 5.42. The van der Waals surface area contributed by atoms with E-state index in [-0.39, 0.29) is 0 Å². The second kappa shape index (κ2) is 9.85. The van der Waals surface area contributed by atoms with Crippen LogP contribution in [-0.4, -0.2) is 58.5 Å². The van der Waals surface area contributed by atoms with Crippen molar-refractivity contribution in [3.05, 3.63) is 48.5 Å². The van der Waals surface area contributed by atoms with E-state index >= 15 is 0 Å². The Morgan fingerprint density at radius 1 is 0.593 bits per heavy atom. The Kier molecular flexibility index (Phi) is 6.98. The highest BCUT2D eigenvalue weighted by Gasteiger charge is 2.11. The summed E-state index contributed by atoms with van der Waals surface area (Å²) in [5, 5.41) is 2.92. The number of anilines is 2. The van der Waals surface area contributed by atoms with E-state index in [1.165, 1.54) is 27.9 Å². The van der Waals surface area contributed by atoms with E-state index in [1.807, 2.05) is 0 Å². The smallest absolute Gasteiger partial charge is 0.0642 e. The van der Waals surface area contributed by atoms with Crippen LogP contribution in [0.2, 0.25) is 0 Å². The van der Waals surface area contributed by atoms with Crippen LogP contribution in [0, 0.1) is 0 Å². The minimum atomic E-state index is 0.842. The lowest BCUT2D eigenvalue weighted by Gasteiger charge is -2.29. The molecular weight excluding hydrogens is 374 g/mol. The van der Waals surface area contributed by atoms with Gasteiger partial charge in [0.15, 0.2) is 0 Å². The minimum Gasteiger partial charge on any atom is -0.378 e. The molecule has 2 aromatic rings. The maximum absolute atomic E-state index is 5.43. The van der Waals surface area contributed by atoms with Gasteiger partial charge in [-0.05, 0) is 40.8 Å². The van der Waals surface area contributed by atoms with E-state index in [9.17, 15) is 0 Å². The number of rotatable bonds is 6.